The summed E-state index contributed by atoms with van der Waals surface area (Å²) in [5.41, 5.74) is 2.67. The monoisotopic (exact) mass is 530 g/mol. The van der Waals surface area contributed by atoms with Crippen LogP contribution in [0.4, 0.5) is 0 Å². The van der Waals surface area contributed by atoms with Crippen molar-refractivity contribution in [3.8, 4) is 0 Å². The van der Waals surface area contributed by atoms with Crippen molar-refractivity contribution in [3.63, 3.8) is 0 Å². The Labute approximate surface area is 222 Å². The molecule has 3 aromatic rings. The number of nitrogens with zero attached hydrogens (tertiary/aromatic N) is 1. The van der Waals surface area contributed by atoms with Crippen LogP contribution in [0.5, 0.6) is 0 Å². The fourth-order valence-corrected chi connectivity index (χ4v) is 4.39. The molecule has 1 atom stereocenters. The molecule has 0 saturated heterocycles. The molecule has 0 aliphatic carbocycles. The van der Waals surface area contributed by atoms with E-state index in [0.717, 1.165) is 23.1 Å². The molecule has 0 bridgehead atoms. The Morgan fingerprint density at radius 1 is 0.857 bits per heavy atom. The van der Waals surface area contributed by atoms with Crippen LogP contribution in [0.3, 0.4) is 0 Å². The first-order chi connectivity index (χ1) is 16.9. The fraction of sp³-hybridized carbons (Fsp3) is 0.286. The van der Waals surface area contributed by atoms with Gasteiger partial charge in [0.2, 0.25) is 11.8 Å². The first kappa shape index (κ1) is 27.1. The number of rotatable bonds is 11. The average Bonchev–Trinajstić information content (AvgIpc) is 2.86. The molecule has 4 nitrogen and oxygen atoms in total. The van der Waals surface area contributed by atoms with Crippen molar-refractivity contribution < 1.29 is 9.59 Å². The summed E-state index contributed by atoms with van der Waals surface area (Å²) < 4.78 is 0. The predicted octanol–water partition coefficient (Wildman–Crippen LogP) is 6.75. The lowest BCUT2D eigenvalue weighted by molar-refractivity contribution is -0.141. The van der Waals surface area contributed by atoms with Gasteiger partial charge >= 0.3 is 0 Å². The zero-order valence-corrected chi connectivity index (χ0v) is 21.9. The number of benzene rings is 3. The third kappa shape index (κ3) is 7.99. The van der Waals surface area contributed by atoms with Crippen molar-refractivity contribution in [2.24, 2.45) is 0 Å². The van der Waals surface area contributed by atoms with Crippen molar-refractivity contribution in [2.75, 3.05) is 6.54 Å². The highest BCUT2D eigenvalue weighted by atomic mass is 35.5. The summed E-state index contributed by atoms with van der Waals surface area (Å²) in [6.45, 7) is 2.77. The van der Waals surface area contributed by atoms with E-state index in [1.165, 1.54) is 0 Å². The molecule has 0 spiro atoms. The maximum atomic E-state index is 13.6. The summed E-state index contributed by atoms with van der Waals surface area (Å²) in [7, 11) is 0. The van der Waals surface area contributed by atoms with E-state index in [1.807, 2.05) is 67.6 Å². The van der Waals surface area contributed by atoms with Crippen LogP contribution >= 0.6 is 34.8 Å². The van der Waals surface area contributed by atoms with E-state index in [4.69, 9.17) is 34.8 Å². The molecule has 7 heteroatoms. The lowest BCUT2D eigenvalue weighted by Crippen LogP contribution is -2.50. The van der Waals surface area contributed by atoms with Crippen molar-refractivity contribution in [2.45, 2.75) is 45.2 Å². The van der Waals surface area contributed by atoms with Gasteiger partial charge in [0.05, 0.1) is 10.0 Å². The van der Waals surface area contributed by atoms with E-state index >= 15 is 0 Å². The van der Waals surface area contributed by atoms with Crippen molar-refractivity contribution in [1.82, 2.24) is 10.2 Å². The van der Waals surface area contributed by atoms with Crippen LogP contribution in [0.15, 0.2) is 72.8 Å². The summed E-state index contributed by atoms with van der Waals surface area (Å²) in [4.78, 5) is 28.6. The second kappa shape index (κ2) is 13.5. The molecule has 0 aromatic heterocycles. The summed E-state index contributed by atoms with van der Waals surface area (Å²) in [6, 6.07) is 21.8. The molecule has 0 radical (unpaired) electrons. The standard InChI is InChI=1S/C28H29Cl3N2O2/c1-2-16-32-28(35)26(18-20-8-4-3-5-9-20)33(19-21-12-14-24(30)25(31)17-21)27(34)15-13-22-10-6-7-11-23(22)29/h3-12,14,17,26H,2,13,15-16,18-19H2,1H3,(H,32,35). The van der Waals surface area contributed by atoms with Crippen molar-refractivity contribution >= 4 is 46.6 Å². The maximum absolute atomic E-state index is 13.6. The Bertz CT molecular complexity index is 1140. The number of carbonyl (C=O) groups is 2. The number of amides is 2. The van der Waals surface area contributed by atoms with Gasteiger partial charge < -0.3 is 10.2 Å². The molecule has 0 fully saturated rings. The zero-order chi connectivity index (χ0) is 25.2. The number of halogens is 3. The van der Waals surface area contributed by atoms with Crippen LogP contribution in [-0.2, 0) is 29.0 Å². The topological polar surface area (TPSA) is 49.4 Å². The molecule has 3 rings (SSSR count). The summed E-state index contributed by atoms with van der Waals surface area (Å²) >= 11 is 18.7. The highest BCUT2D eigenvalue weighted by Crippen LogP contribution is 2.25. The maximum Gasteiger partial charge on any atom is 0.243 e. The summed E-state index contributed by atoms with van der Waals surface area (Å²) in [6.07, 6.45) is 1.90. The number of aryl methyl sites for hydroxylation is 1. The van der Waals surface area contributed by atoms with Gasteiger partial charge in [-0.05, 0) is 47.7 Å². The quantitative estimate of drug-likeness (QED) is 0.298. The summed E-state index contributed by atoms with van der Waals surface area (Å²) in [5, 5.41) is 4.44. The van der Waals surface area contributed by atoms with Gasteiger partial charge in [0.15, 0.2) is 0 Å². The van der Waals surface area contributed by atoms with Crippen LogP contribution in [0.1, 0.15) is 36.5 Å². The first-order valence-electron chi connectivity index (χ1n) is 11.7. The zero-order valence-electron chi connectivity index (χ0n) is 19.6. The second-order valence-corrected chi connectivity index (χ2v) is 9.58. The molecule has 0 saturated carbocycles. The van der Waals surface area contributed by atoms with Gasteiger partial charge in [0.1, 0.15) is 6.04 Å². The van der Waals surface area contributed by atoms with Crippen LogP contribution < -0.4 is 5.32 Å². The number of carbonyl (C=O) groups excluding carboxylic acids is 2. The minimum Gasteiger partial charge on any atom is -0.354 e. The lowest BCUT2D eigenvalue weighted by Gasteiger charge is -2.32. The Morgan fingerprint density at radius 3 is 2.26 bits per heavy atom. The molecule has 2 amide bonds. The largest absolute Gasteiger partial charge is 0.354 e. The van der Waals surface area contributed by atoms with E-state index in [1.54, 1.807) is 17.0 Å². The number of nitrogens with one attached hydrogen (secondary N) is 1. The van der Waals surface area contributed by atoms with Gasteiger partial charge in [0, 0.05) is 31.0 Å². The molecule has 35 heavy (non-hydrogen) atoms. The first-order valence-corrected chi connectivity index (χ1v) is 12.8. The highest BCUT2D eigenvalue weighted by Gasteiger charge is 2.30. The average molecular weight is 532 g/mol. The molecule has 0 aliphatic heterocycles. The summed E-state index contributed by atoms with van der Waals surface area (Å²) in [5.74, 6) is -0.314. The van der Waals surface area contributed by atoms with Gasteiger partial charge in [-0.2, -0.15) is 0 Å². The smallest absolute Gasteiger partial charge is 0.243 e. The molecule has 184 valence electrons. The number of hydrogen-bond donors (Lipinski definition) is 1. The Kier molecular flexibility index (Phi) is 10.5. The second-order valence-electron chi connectivity index (χ2n) is 8.36. The van der Waals surface area contributed by atoms with Crippen LogP contribution in [0, 0.1) is 0 Å². The van der Waals surface area contributed by atoms with Crippen LogP contribution in [0.25, 0.3) is 0 Å². The van der Waals surface area contributed by atoms with E-state index in [9.17, 15) is 9.59 Å². The molecule has 0 aliphatic rings. The SMILES string of the molecule is CCCNC(=O)C(Cc1ccccc1)N(Cc1ccc(Cl)c(Cl)c1)C(=O)CCc1ccccc1Cl. The third-order valence-corrected chi connectivity index (χ3v) is 6.83. The van der Waals surface area contributed by atoms with Gasteiger partial charge in [-0.3, -0.25) is 9.59 Å². The van der Waals surface area contributed by atoms with E-state index < -0.39 is 6.04 Å². The van der Waals surface area contributed by atoms with Gasteiger partial charge in [-0.25, -0.2) is 0 Å². The predicted molar refractivity (Wildman–Crippen MR) is 144 cm³/mol. The Balaban J connectivity index is 1.92. The van der Waals surface area contributed by atoms with Gasteiger partial charge in [-0.1, -0.05) is 96.3 Å². The van der Waals surface area contributed by atoms with Gasteiger partial charge in [-0.15, -0.1) is 0 Å². The normalized spacial score (nSPS) is 11.7. The Morgan fingerprint density at radius 2 is 1.57 bits per heavy atom. The number of hydrogen-bond acceptors (Lipinski definition) is 2. The minimum absolute atomic E-state index is 0.136. The van der Waals surface area contributed by atoms with Crippen LogP contribution in [0.2, 0.25) is 15.1 Å². The fourth-order valence-electron chi connectivity index (χ4n) is 3.84. The third-order valence-electron chi connectivity index (χ3n) is 5.72. The van der Waals surface area contributed by atoms with Crippen molar-refractivity contribution in [3.05, 3.63) is 105 Å². The van der Waals surface area contributed by atoms with Gasteiger partial charge in [0.25, 0.3) is 0 Å². The van der Waals surface area contributed by atoms with E-state index in [2.05, 4.69) is 5.32 Å². The van der Waals surface area contributed by atoms with E-state index in [-0.39, 0.29) is 24.8 Å². The molecule has 1 unspecified atom stereocenters. The molecular formula is C28H29Cl3N2O2. The van der Waals surface area contributed by atoms with Crippen molar-refractivity contribution in [1.29, 1.82) is 0 Å². The van der Waals surface area contributed by atoms with Crippen LogP contribution in [-0.4, -0.2) is 29.3 Å². The molecular weight excluding hydrogens is 503 g/mol. The van der Waals surface area contributed by atoms with E-state index in [0.29, 0.717) is 34.5 Å². The molecule has 0 heterocycles. The Hall–Kier alpha value is -2.53. The molecule has 3 aromatic carbocycles. The highest BCUT2D eigenvalue weighted by molar-refractivity contribution is 6.42. The lowest BCUT2D eigenvalue weighted by atomic mass is 10.0. The minimum atomic E-state index is -0.683. The molecule has 1 N–H and O–H groups in total.